The lowest BCUT2D eigenvalue weighted by Crippen LogP contribution is -2.30. The van der Waals surface area contributed by atoms with Gasteiger partial charge in [-0.25, -0.2) is 0 Å². The van der Waals surface area contributed by atoms with Gasteiger partial charge < -0.3 is 19.6 Å². The van der Waals surface area contributed by atoms with Crippen LogP contribution in [-0.4, -0.2) is 35.6 Å². The van der Waals surface area contributed by atoms with E-state index in [9.17, 15) is 4.79 Å². The third kappa shape index (κ3) is 2.96. The smallest absolute Gasteiger partial charge is 0.276 e. The summed E-state index contributed by atoms with van der Waals surface area (Å²) >= 11 is 0. The summed E-state index contributed by atoms with van der Waals surface area (Å²) in [4.78, 5) is 14.6. The Kier molecular flexibility index (Phi) is 4.11. The van der Waals surface area contributed by atoms with Crippen LogP contribution < -0.4 is 5.73 Å². The molecule has 0 spiro atoms. The zero-order valence-corrected chi connectivity index (χ0v) is 13.7. The van der Waals surface area contributed by atoms with Gasteiger partial charge in [-0.3, -0.25) is 4.79 Å². The van der Waals surface area contributed by atoms with Gasteiger partial charge in [0.2, 0.25) is 5.76 Å². The van der Waals surface area contributed by atoms with Gasteiger partial charge in [0, 0.05) is 25.1 Å². The van der Waals surface area contributed by atoms with E-state index in [2.05, 4.69) is 17.3 Å². The maximum Gasteiger partial charge on any atom is 0.276 e. The van der Waals surface area contributed by atoms with Crippen molar-refractivity contribution in [2.45, 2.75) is 5.92 Å². The molecule has 0 bridgehead atoms. The minimum atomic E-state index is -0.140. The molecule has 0 radical (unpaired) electrons. The van der Waals surface area contributed by atoms with Crippen molar-refractivity contribution >= 4 is 5.91 Å². The Morgan fingerprint density at radius 2 is 2.00 bits per heavy atom. The molecule has 25 heavy (non-hydrogen) atoms. The molecule has 0 saturated carbocycles. The minimum absolute atomic E-state index is 0.140. The highest BCUT2D eigenvalue weighted by Crippen LogP contribution is 2.33. The molecule has 128 valence electrons. The van der Waals surface area contributed by atoms with Crippen LogP contribution in [0.4, 0.5) is 0 Å². The fourth-order valence-corrected chi connectivity index (χ4v) is 3.43. The first-order chi connectivity index (χ1) is 12.3. The molecule has 2 N–H and O–H groups in total. The van der Waals surface area contributed by atoms with E-state index in [0.717, 1.165) is 0 Å². The van der Waals surface area contributed by atoms with E-state index in [-0.39, 0.29) is 23.4 Å². The van der Waals surface area contributed by atoms with Gasteiger partial charge in [-0.05, 0) is 30.2 Å². The number of rotatable bonds is 4. The van der Waals surface area contributed by atoms with Crippen LogP contribution in [0.5, 0.6) is 0 Å². The third-order valence-electron chi connectivity index (χ3n) is 4.75. The van der Waals surface area contributed by atoms with E-state index >= 15 is 0 Å². The monoisotopic (exact) mass is 337 g/mol. The Morgan fingerprint density at radius 3 is 2.72 bits per heavy atom. The normalized spacial score (nSPS) is 20.1. The van der Waals surface area contributed by atoms with Crippen molar-refractivity contribution in [3.05, 3.63) is 66.1 Å². The molecule has 1 aromatic carbocycles. The van der Waals surface area contributed by atoms with Crippen LogP contribution in [0.15, 0.2) is 63.7 Å². The van der Waals surface area contributed by atoms with Gasteiger partial charge in [0.1, 0.15) is 0 Å². The number of aromatic nitrogens is 1. The van der Waals surface area contributed by atoms with Gasteiger partial charge in [-0.15, -0.1) is 0 Å². The van der Waals surface area contributed by atoms with Crippen molar-refractivity contribution in [2.24, 2.45) is 11.7 Å². The van der Waals surface area contributed by atoms with Crippen molar-refractivity contribution in [1.82, 2.24) is 10.1 Å². The van der Waals surface area contributed by atoms with E-state index in [1.165, 1.54) is 5.56 Å². The van der Waals surface area contributed by atoms with Gasteiger partial charge in [0.25, 0.3) is 5.91 Å². The fraction of sp³-hybridized carbons (Fsp3) is 0.263. The van der Waals surface area contributed by atoms with Crippen molar-refractivity contribution in [3.8, 4) is 11.5 Å². The first-order valence-corrected chi connectivity index (χ1v) is 8.31. The summed E-state index contributed by atoms with van der Waals surface area (Å²) in [6, 6.07) is 15.3. The highest BCUT2D eigenvalue weighted by molar-refractivity contribution is 5.93. The molecule has 1 amide bonds. The quantitative estimate of drug-likeness (QED) is 0.791. The summed E-state index contributed by atoms with van der Waals surface area (Å²) in [5, 5.41) is 3.91. The first kappa shape index (κ1) is 15.7. The first-order valence-electron chi connectivity index (χ1n) is 8.31. The predicted octanol–water partition coefficient (Wildman–Crippen LogP) is 2.75. The number of benzene rings is 1. The molecule has 0 aliphatic carbocycles. The average molecular weight is 337 g/mol. The topological polar surface area (TPSA) is 85.5 Å². The summed E-state index contributed by atoms with van der Waals surface area (Å²) < 4.78 is 10.5. The van der Waals surface area contributed by atoms with E-state index < -0.39 is 0 Å². The van der Waals surface area contributed by atoms with Crippen LogP contribution in [0.1, 0.15) is 22.0 Å². The fourth-order valence-electron chi connectivity index (χ4n) is 3.43. The zero-order valence-electron chi connectivity index (χ0n) is 13.7. The van der Waals surface area contributed by atoms with Gasteiger partial charge in [-0.1, -0.05) is 35.5 Å². The van der Waals surface area contributed by atoms with Crippen LogP contribution in [0, 0.1) is 5.92 Å². The summed E-state index contributed by atoms with van der Waals surface area (Å²) in [5.41, 5.74) is 7.45. The van der Waals surface area contributed by atoms with E-state index in [1.54, 1.807) is 29.4 Å². The minimum Gasteiger partial charge on any atom is -0.461 e. The summed E-state index contributed by atoms with van der Waals surface area (Å²) in [7, 11) is 0. The number of likely N-dealkylation sites (tertiary alicyclic amines) is 1. The third-order valence-corrected chi connectivity index (χ3v) is 4.75. The zero-order chi connectivity index (χ0) is 17.2. The highest BCUT2D eigenvalue weighted by Gasteiger charge is 2.36. The molecule has 2 aromatic heterocycles. The second-order valence-electron chi connectivity index (χ2n) is 6.28. The largest absolute Gasteiger partial charge is 0.461 e. The Morgan fingerprint density at radius 1 is 1.16 bits per heavy atom. The summed E-state index contributed by atoms with van der Waals surface area (Å²) in [5.74, 6) is 1.34. The number of nitrogens with zero attached hydrogens (tertiary/aromatic N) is 2. The van der Waals surface area contributed by atoms with Crippen LogP contribution in [-0.2, 0) is 0 Å². The lowest BCUT2D eigenvalue weighted by Gasteiger charge is -2.16. The highest BCUT2D eigenvalue weighted by atomic mass is 16.5. The number of hydrogen-bond acceptors (Lipinski definition) is 5. The number of amides is 1. The van der Waals surface area contributed by atoms with Gasteiger partial charge in [0.05, 0.1) is 6.26 Å². The molecule has 1 saturated heterocycles. The van der Waals surface area contributed by atoms with Crippen molar-refractivity contribution < 1.29 is 13.7 Å². The molecule has 2 atom stereocenters. The summed E-state index contributed by atoms with van der Waals surface area (Å²) in [6.45, 7) is 1.80. The van der Waals surface area contributed by atoms with Crippen LogP contribution >= 0.6 is 0 Å². The van der Waals surface area contributed by atoms with Gasteiger partial charge in [0.15, 0.2) is 11.5 Å². The van der Waals surface area contributed by atoms with Crippen LogP contribution in [0.2, 0.25) is 0 Å². The molecular formula is C19H19N3O3. The molecule has 3 heterocycles. The van der Waals surface area contributed by atoms with Gasteiger partial charge in [-0.2, -0.15) is 0 Å². The van der Waals surface area contributed by atoms with E-state index in [4.69, 9.17) is 14.7 Å². The lowest BCUT2D eigenvalue weighted by atomic mass is 9.89. The Balaban J connectivity index is 1.53. The molecule has 1 aliphatic heterocycles. The average Bonchev–Trinajstić information content (AvgIpc) is 3.41. The number of furan rings is 1. The number of hydrogen-bond donors (Lipinski definition) is 1. The Labute approximate surface area is 145 Å². The predicted molar refractivity (Wildman–Crippen MR) is 91.8 cm³/mol. The van der Waals surface area contributed by atoms with Crippen LogP contribution in [0.3, 0.4) is 0 Å². The molecule has 0 unspecified atom stereocenters. The lowest BCUT2D eigenvalue weighted by molar-refractivity contribution is 0.0776. The summed E-state index contributed by atoms with van der Waals surface area (Å²) in [6.07, 6.45) is 1.55. The molecule has 6 heteroatoms. The maximum atomic E-state index is 12.8. The Bertz CT molecular complexity index is 842. The maximum absolute atomic E-state index is 12.8. The van der Waals surface area contributed by atoms with E-state index in [1.807, 2.05) is 18.2 Å². The Hall–Kier alpha value is -2.86. The standard InChI is InChI=1S/C19H19N3O3/c20-10-14-11-22(12-15(14)13-5-2-1-3-6-13)19(23)16-9-18(25-21-16)17-7-4-8-24-17/h1-9,14-15H,10-12,20H2/t14-,15+/m1/s1. The molecular weight excluding hydrogens is 318 g/mol. The van der Waals surface area contributed by atoms with Crippen molar-refractivity contribution in [1.29, 1.82) is 0 Å². The number of carbonyl (C=O) groups is 1. The second kappa shape index (κ2) is 6.57. The molecule has 3 aromatic rings. The van der Waals surface area contributed by atoms with Crippen molar-refractivity contribution in [2.75, 3.05) is 19.6 Å². The molecule has 4 rings (SSSR count). The molecule has 1 aliphatic rings. The number of nitrogens with two attached hydrogens (primary N) is 1. The number of carbonyl (C=O) groups excluding carboxylic acids is 1. The van der Waals surface area contributed by atoms with Gasteiger partial charge >= 0.3 is 0 Å². The van der Waals surface area contributed by atoms with Crippen molar-refractivity contribution in [3.63, 3.8) is 0 Å². The molecule has 6 nitrogen and oxygen atoms in total. The van der Waals surface area contributed by atoms with Crippen LogP contribution in [0.25, 0.3) is 11.5 Å². The SMILES string of the molecule is NC[C@@H]1CN(C(=O)c2cc(-c3ccco3)on2)C[C@H]1c1ccccc1. The van der Waals surface area contributed by atoms with E-state index in [0.29, 0.717) is 31.2 Å². The molecule has 1 fully saturated rings. The second-order valence-corrected chi connectivity index (χ2v) is 6.28.